The van der Waals surface area contributed by atoms with Crippen molar-refractivity contribution < 1.29 is 8.83 Å². The van der Waals surface area contributed by atoms with Crippen molar-refractivity contribution in [1.29, 1.82) is 0 Å². The summed E-state index contributed by atoms with van der Waals surface area (Å²) in [5, 5.41) is 12.0. The first kappa shape index (κ1) is 25.3. The minimum atomic E-state index is 0.873. The van der Waals surface area contributed by atoms with Crippen LogP contribution in [0, 0.1) is 0 Å². The fraction of sp³-hybridized carbons (Fsp3) is 0. The Hall–Kier alpha value is -5.90. The van der Waals surface area contributed by atoms with Gasteiger partial charge in [-0.15, -0.1) is 11.3 Å². The van der Waals surface area contributed by atoms with E-state index in [4.69, 9.17) is 8.83 Å². The maximum Gasteiger partial charge on any atom is 0.136 e. The SMILES string of the molecule is c1ccc2c(c1)oc1ccc3oc4ccc(-c5c6ccccc6c(-c6ccc7sc8ccccc8c7c6)c6ccccc56)cc4c3c12. The summed E-state index contributed by atoms with van der Waals surface area (Å²) < 4.78 is 15.4. The lowest BCUT2D eigenvalue weighted by atomic mass is 9.85. The molecule has 0 atom stereocenters. The molecule has 3 aromatic heterocycles. The lowest BCUT2D eigenvalue weighted by Crippen LogP contribution is -1.90. The Morgan fingerprint density at radius 2 is 0.766 bits per heavy atom. The monoisotopic (exact) mass is 616 g/mol. The van der Waals surface area contributed by atoms with Crippen molar-refractivity contribution in [3.63, 3.8) is 0 Å². The highest BCUT2D eigenvalue weighted by molar-refractivity contribution is 7.25. The molecule has 0 saturated heterocycles. The Bertz CT molecular complexity index is 3020. The third-order valence-electron chi connectivity index (χ3n) is 9.86. The van der Waals surface area contributed by atoms with E-state index in [-0.39, 0.29) is 0 Å². The number of benzene rings is 8. The molecule has 0 N–H and O–H groups in total. The fourth-order valence-corrected chi connectivity index (χ4v) is 8.96. The van der Waals surface area contributed by atoms with Gasteiger partial charge in [-0.25, -0.2) is 0 Å². The zero-order valence-corrected chi connectivity index (χ0v) is 25.9. The number of fused-ring (bicyclic) bond motifs is 12. The van der Waals surface area contributed by atoms with Gasteiger partial charge in [-0.3, -0.25) is 0 Å². The van der Waals surface area contributed by atoms with Gasteiger partial charge in [-0.05, 0) is 92.3 Å². The molecular weight excluding hydrogens is 593 g/mol. The van der Waals surface area contributed by atoms with Crippen molar-refractivity contribution >= 4 is 96.9 Å². The molecule has 0 aliphatic rings. The second-order valence-corrected chi connectivity index (χ2v) is 13.5. The first-order valence-electron chi connectivity index (χ1n) is 15.9. The fourth-order valence-electron chi connectivity index (χ4n) is 7.87. The molecule has 0 aliphatic heterocycles. The Labute approximate surface area is 272 Å². The van der Waals surface area contributed by atoms with Gasteiger partial charge in [0.25, 0.3) is 0 Å². The number of rotatable bonds is 2. The Morgan fingerprint density at radius 3 is 1.43 bits per heavy atom. The molecule has 47 heavy (non-hydrogen) atoms. The second-order valence-electron chi connectivity index (χ2n) is 12.4. The molecule has 0 radical (unpaired) electrons. The summed E-state index contributed by atoms with van der Waals surface area (Å²) in [7, 11) is 0. The van der Waals surface area contributed by atoms with Crippen LogP contribution in [0.2, 0.25) is 0 Å². The quantitative estimate of drug-likeness (QED) is 0.181. The first-order chi connectivity index (χ1) is 23.3. The Morgan fingerprint density at radius 1 is 0.319 bits per heavy atom. The van der Waals surface area contributed by atoms with Crippen LogP contribution in [0.5, 0.6) is 0 Å². The van der Waals surface area contributed by atoms with Crippen LogP contribution in [0.4, 0.5) is 0 Å². The van der Waals surface area contributed by atoms with Gasteiger partial charge in [0.05, 0.1) is 0 Å². The van der Waals surface area contributed by atoms with E-state index in [1.807, 2.05) is 35.6 Å². The van der Waals surface area contributed by atoms with Crippen molar-refractivity contribution in [1.82, 2.24) is 0 Å². The van der Waals surface area contributed by atoms with Crippen molar-refractivity contribution in [2.24, 2.45) is 0 Å². The molecule has 0 aliphatic carbocycles. The minimum absolute atomic E-state index is 0.873. The van der Waals surface area contributed by atoms with E-state index in [1.165, 1.54) is 64.0 Å². The van der Waals surface area contributed by atoms with Crippen molar-refractivity contribution in [2.45, 2.75) is 0 Å². The van der Waals surface area contributed by atoms with Gasteiger partial charge < -0.3 is 8.83 Å². The summed E-state index contributed by atoms with van der Waals surface area (Å²) in [5.74, 6) is 0. The van der Waals surface area contributed by atoms with Crippen molar-refractivity contribution in [2.75, 3.05) is 0 Å². The second kappa shape index (κ2) is 9.32. The lowest BCUT2D eigenvalue weighted by molar-refractivity contribution is 0.663. The highest BCUT2D eigenvalue weighted by Gasteiger charge is 2.20. The van der Waals surface area contributed by atoms with Crippen molar-refractivity contribution in [3.05, 3.63) is 146 Å². The minimum Gasteiger partial charge on any atom is -0.456 e. The average Bonchev–Trinajstić information content (AvgIpc) is 3.81. The molecule has 11 rings (SSSR count). The average molecular weight is 617 g/mol. The lowest BCUT2D eigenvalue weighted by Gasteiger charge is -2.18. The Kier molecular flexibility index (Phi) is 5.02. The number of hydrogen-bond acceptors (Lipinski definition) is 3. The third kappa shape index (κ3) is 3.49. The highest BCUT2D eigenvalue weighted by atomic mass is 32.1. The third-order valence-corrected chi connectivity index (χ3v) is 11.0. The van der Waals surface area contributed by atoms with Crippen LogP contribution < -0.4 is 0 Å². The van der Waals surface area contributed by atoms with Crippen molar-refractivity contribution in [3.8, 4) is 22.3 Å². The summed E-state index contributed by atoms with van der Waals surface area (Å²) in [4.78, 5) is 0. The van der Waals surface area contributed by atoms with Gasteiger partial charge in [-0.2, -0.15) is 0 Å². The van der Waals surface area contributed by atoms with Crippen LogP contribution in [0.1, 0.15) is 0 Å². The van der Waals surface area contributed by atoms with E-state index < -0.39 is 0 Å². The highest BCUT2D eigenvalue weighted by Crippen LogP contribution is 2.47. The van der Waals surface area contributed by atoms with Gasteiger partial charge in [0.1, 0.15) is 22.3 Å². The van der Waals surface area contributed by atoms with Gasteiger partial charge in [-0.1, -0.05) is 97.1 Å². The molecule has 3 heterocycles. The summed E-state index contributed by atoms with van der Waals surface area (Å²) in [6, 6.07) is 52.5. The van der Waals surface area contributed by atoms with Gasteiger partial charge in [0.15, 0.2) is 0 Å². The molecule has 11 aromatic rings. The zero-order chi connectivity index (χ0) is 30.6. The summed E-state index contributed by atoms with van der Waals surface area (Å²) >= 11 is 1.86. The maximum absolute atomic E-state index is 6.44. The number of thiophene rings is 1. The predicted molar refractivity (Wildman–Crippen MR) is 200 cm³/mol. The largest absolute Gasteiger partial charge is 0.456 e. The van der Waals surface area contributed by atoms with Crippen LogP contribution >= 0.6 is 11.3 Å². The molecule has 218 valence electrons. The summed E-state index contributed by atoms with van der Waals surface area (Å²) in [5.41, 5.74) is 8.44. The van der Waals surface area contributed by atoms with E-state index >= 15 is 0 Å². The molecule has 0 bridgehead atoms. The summed E-state index contributed by atoms with van der Waals surface area (Å²) in [6.45, 7) is 0. The smallest absolute Gasteiger partial charge is 0.136 e. The van der Waals surface area contributed by atoms with E-state index in [2.05, 4.69) is 121 Å². The molecule has 0 saturated carbocycles. The van der Waals surface area contributed by atoms with Crippen LogP contribution in [-0.2, 0) is 0 Å². The topological polar surface area (TPSA) is 26.3 Å². The molecule has 0 unspecified atom stereocenters. The number of furan rings is 2. The Balaban J connectivity index is 1.23. The van der Waals surface area contributed by atoms with Gasteiger partial charge >= 0.3 is 0 Å². The molecule has 0 fully saturated rings. The molecule has 3 heteroatoms. The van der Waals surface area contributed by atoms with E-state index in [9.17, 15) is 0 Å². The van der Waals surface area contributed by atoms with Crippen LogP contribution in [0.25, 0.3) is 108 Å². The normalized spacial score (nSPS) is 12.3. The first-order valence-corrected chi connectivity index (χ1v) is 16.7. The van der Waals surface area contributed by atoms with E-state index in [1.54, 1.807) is 0 Å². The zero-order valence-electron chi connectivity index (χ0n) is 25.1. The van der Waals surface area contributed by atoms with Crippen LogP contribution in [0.15, 0.2) is 154 Å². The molecule has 0 amide bonds. The maximum atomic E-state index is 6.44. The molecule has 0 spiro atoms. The van der Waals surface area contributed by atoms with E-state index in [0.29, 0.717) is 0 Å². The summed E-state index contributed by atoms with van der Waals surface area (Å²) in [6.07, 6.45) is 0. The van der Waals surface area contributed by atoms with Crippen LogP contribution in [0.3, 0.4) is 0 Å². The number of para-hydroxylation sites is 1. The van der Waals surface area contributed by atoms with Gasteiger partial charge in [0, 0.05) is 41.7 Å². The standard InChI is InChI=1S/C44H24O2S/c1-3-12-30-28(10-1)41(25-17-19-36-34(24-25)44-38(46-36)21-20-37-43(44)32-14-5-7-15-35(32)45-37)29-11-2-4-13-31(29)42(30)26-18-22-40-33(23-26)27-9-6-8-16-39(27)47-40/h1-24H. The molecular formula is C44H24O2S. The van der Waals surface area contributed by atoms with E-state index in [0.717, 1.165) is 43.9 Å². The number of hydrogen-bond donors (Lipinski definition) is 0. The van der Waals surface area contributed by atoms with Gasteiger partial charge in [0.2, 0.25) is 0 Å². The molecule has 8 aromatic carbocycles. The predicted octanol–water partition coefficient (Wildman–Crippen LogP) is 13.5. The van der Waals surface area contributed by atoms with Crippen LogP contribution in [-0.4, -0.2) is 0 Å². The molecule has 2 nitrogen and oxygen atoms in total.